The molecule has 3 atom stereocenters. The Morgan fingerprint density at radius 1 is 1.20 bits per heavy atom. The van der Waals surface area contributed by atoms with Crippen LogP contribution >= 0.6 is 0 Å². The van der Waals surface area contributed by atoms with Gasteiger partial charge in [0.2, 0.25) is 0 Å². The first-order valence-corrected chi connectivity index (χ1v) is 10.4. The van der Waals surface area contributed by atoms with Crippen molar-refractivity contribution in [3.05, 3.63) is 45.6 Å². The van der Waals surface area contributed by atoms with Crippen molar-refractivity contribution in [2.45, 2.75) is 60.3 Å². The molecule has 2 N–H and O–H groups in total. The van der Waals surface area contributed by atoms with Crippen LogP contribution in [0.4, 0.5) is 0 Å². The third-order valence-corrected chi connectivity index (χ3v) is 6.79. The van der Waals surface area contributed by atoms with Crippen molar-refractivity contribution in [1.29, 1.82) is 0 Å². The molecule has 30 heavy (non-hydrogen) atoms. The number of fused-ring (bicyclic) bond motifs is 2. The molecule has 0 fully saturated rings. The summed E-state index contributed by atoms with van der Waals surface area (Å²) in [5.74, 6) is -2.76. The molecule has 5 nitrogen and oxygen atoms in total. The van der Waals surface area contributed by atoms with Gasteiger partial charge >= 0.3 is 0 Å². The standard InChI is InChI=1S/C25H30O5/c1-12(2)7-8-15-14(5)9-10-25(6)20(15)22(28)18-16(11-26)21(27)23(29)17(13(3)4)19(18)24(25)30/h7,9,11,13,15,20,27,29H,8,10H2,1-6H3/t15?,20-,25-/m0/s1. The minimum Gasteiger partial charge on any atom is -0.504 e. The lowest BCUT2D eigenvalue weighted by molar-refractivity contribution is 0.0480. The fourth-order valence-electron chi connectivity index (χ4n) is 5.12. The van der Waals surface area contributed by atoms with Crippen molar-refractivity contribution < 1.29 is 24.6 Å². The quantitative estimate of drug-likeness (QED) is 0.396. The van der Waals surface area contributed by atoms with Crippen LogP contribution in [0.5, 0.6) is 11.5 Å². The number of hydrogen-bond acceptors (Lipinski definition) is 5. The highest BCUT2D eigenvalue weighted by atomic mass is 16.3. The second kappa shape index (κ2) is 7.53. The normalized spacial score (nSPS) is 25.5. The van der Waals surface area contributed by atoms with Crippen molar-refractivity contribution in [3.63, 3.8) is 0 Å². The highest BCUT2D eigenvalue weighted by Gasteiger charge is 2.56. The summed E-state index contributed by atoms with van der Waals surface area (Å²) in [4.78, 5) is 39.6. The zero-order valence-corrected chi connectivity index (χ0v) is 18.5. The summed E-state index contributed by atoms with van der Waals surface area (Å²) in [6, 6.07) is 0. The first-order chi connectivity index (χ1) is 14.0. The molecular weight excluding hydrogens is 380 g/mol. The van der Waals surface area contributed by atoms with E-state index in [0.29, 0.717) is 19.1 Å². The lowest BCUT2D eigenvalue weighted by Crippen LogP contribution is -2.51. The molecule has 160 valence electrons. The van der Waals surface area contributed by atoms with Crippen LogP contribution in [0.3, 0.4) is 0 Å². The van der Waals surface area contributed by atoms with Gasteiger partial charge in [0, 0.05) is 28.0 Å². The predicted molar refractivity (Wildman–Crippen MR) is 115 cm³/mol. The molecule has 0 radical (unpaired) electrons. The molecule has 0 spiro atoms. The number of aldehydes is 1. The fourth-order valence-corrected chi connectivity index (χ4v) is 5.12. The van der Waals surface area contributed by atoms with Crippen molar-refractivity contribution in [2.75, 3.05) is 0 Å². The summed E-state index contributed by atoms with van der Waals surface area (Å²) in [5.41, 5.74) is 1.23. The van der Waals surface area contributed by atoms with Gasteiger partial charge in [0.15, 0.2) is 29.4 Å². The number of allylic oxidation sites excluding steroid dienone is 4. The number of benzene rings is 1. The van der Waals surface area contributed by atoms with Crippen molar-refractivity contribution in [3.8, 4) is 11.5 Å². The number of aromatic hydroxyl groups is 2. The van der Waals surface area contributed by atoms with Crippen LogP contribution in [-0.2, 0) is 0 Å². The van der Waals surface area contributed by atoms with Crippen LogP contribution < -0.4 is 0 Å². The molecule has 5 heteroatoms. The molecule has 0 aliphatic heterocycles. The maximum absolute atomic E-state index is 13.9. The van der Waals surface area contributed by atoms with E-state index in [4.69, 9.17) is 0 Å². The Morgan fingerprint density at radius 2 is 1.83 bits per heavy atom. The molecule has 2 aliphatic carbocycles. The van der Waals surface area contributed by atoms with E-state index in [-0.39, 0.29) is 45.7 Å². The lowest BCUT2D eigenvalue weighted by Gasteiger charge is -2.47. The molecule has 0 heterocycles. The van der Waals surface area contributed by atoms with Gasteiger partial charge in [-0.15, -0.1) is 0 Å². The smallest absolute Gasteiger partial charge is 0.170 e. The number of carbonyl (C=O) groups is 3. The minimum atomic E-state index is -0.961. The predicted octanol–water partition coefficient (Wildman–Crippen LogP) is 5.36. The molecule has 1 aromatic carbocycles. The third-order valence-electron chi connectivity index (χ3n) is 6.79. The molecule has 3 rings (SSSR count). The molecular formula is C25H30O5. The Bertz CT molecular complexity index is 1010. The number of phenols is 2. The third kappa shape index (κ3) is 3.03. The highest BCUT2D eigenvalue weighted by Crippen LogP contribution is 2.55. The molecule has 0 amide bonds. The van der Waals surface area contributed by atoms with Crippen LogP contribution in [0.25, 0.3) is 0 Å². The summed E-state index contributed by atoms with van der Waals surface area (Å²) >= 11 is 0. The summed E-state index contributed by atoms with van der Waals surface area (Å²) in [6.07, 6.45) is 5.51. The lowest BCUT2D eigenvalue weighted by atomic mass is 9.53. The number of ketones is 2. The van der Waals surface area contributed by atoms with Gasteiger partial charge in [-0.25, -0.2) is 0 Å². The topological polar surface area (TPSA) is 91.7 Å². The van der Waals surface area contributed by atoms with E-state index in [2.05, 4.69) is 6.08 Å². The van der Waals surface area contributed by atoms with Gasteiger partial charge in [0.1, 0.15) is 0 Å². The van der Waals surface area contributed by atoms with E-state index >= 15 is 0 Å². The summed E-state index contributed by atoms with van der Waals surface area (Å²) in [5, 5.41) is 21.0. The summed E-state index contributed by atoms with van der Waals surface area (Å²) in [6.45, 7) is 11.3. The Labute approximate surface area is 177 Å². The van der Waals surface area contributed by atoms with Crippen LogP contribution in [0.2, 0.25) is 0 Å². The van der Waals surface area contributed by atoms with E-state index in [1.165, 1.54) is 0 Å². The van der Waals surface area contributed by atoms with Gasteiger partial charge in [-0.2, -0.15) is 0 Å². The molecule has 1 unspecified atom stereocenters. The van der Waals surface area contributed by atoms with Crippen molar-refractivity contribution in [1.82, 2.24) is 0 Å². The summed E-state index contributed by atoms with van der Waals surface area (Å²) < 4.78 is 0. The molecule has 0 bridgehead atoms. The molecule has 0 saturated carbocycles. The fraction of sp³-hybridized carbons (Fsp3) is 0.480. The Balaban J connectivity index is 2.36. The van der Waals surface area contributed by atoms with Gasteiger partial charge in [-0.1, -0.05) is 44.1 Å². The zero-order chi connectivity index (χ0) is 22.5. The maximum atomic E-state index is 13.9. The second-order valence-corrected chi connectivity index (χ2v) is 9.41. The van der Waals surface area contributed by atoms with Crippen LogP contribution in [0.1, 0.15) is 96.9 Å². The average molecular weight is 411 g/mol. The summed E-state index contributed by atoms with van der Waals surface area (Å²) in [7, 11) is 0. The Kier molecular flexibility index (Phi) is 5.52. The zero-order valence-electron chi connectivity index (χ0n) is 18.5. The molecule has 0 aromatic heterocycles. The first kappa shape index (κ1) is 22.0. The number of Topliss-reactive ketones (excluding diaryl/α,β-unsaturated/α-hetero) is 2. The number of rotatable bonds is 4. The number of carbonyl (C=O) groups excluding carboxylic acids is 3. The maximum Gasteiger partial charge on any atom is 0.170 e. The average Bonchev–Trinajstić information content (AvgIpc) is 2.67. The van der Waals surface area contributed by atoms with Gasteiger partial charge in [-0.05, 0) is 45.4 Å². The molecule has 2 aliphatic rings. The Hall–Kier alpha value is -2.69. The van der Waals surface area contributed by atoms with Gasteiger partial charge in [0.25, 0.3) is 0 Å². The van der Waals surface area contributed by atoms with E-state index < -0.39 is 22.8 Å². The largest absolute Gasteiger partial charge is 0.504 e. The highest BCUT2D eigenvalue weighted by molar-refractivity contribution is 6.22. The monoisotopic (exact) mass is 410 g/mol. The van der Waals surface area contributed by atoms with Crippen LogP contribution in [-0.4, -0.2) is 28.1 Å². The van der Waals surface area contributed by atoms with Gasteiger partial charge < -0.3 is 10.2 Å². The van der Waals surface area contributed by atoms with Crippen LogP contribution in [0, 0.1) is 17.3 Å². The van der Waals surface area contributed by atoms with E-state index in [1.807, 2.05) is 33.8 Å². The molecule has 1 aromatic rings. The first-order valence-electron chi connectivity index (χ1n) is 10.4. The van der Waals surface area contributed by atoms with Gasteiger partial charge in [-0.3, -0.25) is 14.4 Å². The van der Waals surface area contributed by atoms with E-state index in [0.717, 1.165) is 11.1 Å². The van der Waals surface area contributed by atoms with E-state index in [1.54, 1.807) is 13.8 Å². The number of phenolic OH excluding ortho intramolecular Hbond substituents is 2. The van der Waals surface area contributed by atoms with Crippen molar-refractivity contribution in [2.24, 2.45) is 17.3 Å². The van der Waals surface area contributed by atoms with Crippen molar-refractivity contribution >= 4 is 17.9 Å². The minimum absolute atomic E-state index is 0.0339. The van der Waals surface area contributed by atoms with Crippen LogP contribution in [0.15, 0.2) is 23.3 Å². The SMILES string of the molecule is CC(C)=CCC1C(C)=CC[C@]2(C)C(=O)c3c(c(C=O)c(O)c(O)c3C(C)C)C(=O)[C@H]12. The second-order valence-electron chi connectivity index (χ2n) is 9.41. The van der Waals surface area contributed by atoms with Gasteiger partial charge in [0.05, 0.1) is 5.56 Å². The molecule has 0 saturated heterocycles. The Morgan fingerprint density at radius 3 is 2.37 bits per heavy atom. The van der Waals surface area contributed by atoms with E-state index in [9.17, 15) is 24.6 Å². The number of hydrogen-bond donors (Lipinski definition) is 2.